The second-order valence-corrected chi connectivity index (χ2v) is 8.22. The maximum atomic E-state index is 14.9. The summed E-state index contributed by atoms with van der Waals surface area (Å²) in [6, 6.07) is 22.2. The molecule has 4 aromatic rings. The normalized spacial score (nSPS) is 11.1. The molecule has 1 nitrogen and oxygen atoms in total. The van der Waals surface area contributed by atoms with Crippen LogP contribution >= 0.6 is 0 Å². The molecular formula is C31H25F3O. The lowest BCUT2D eigenvalue weighted by atomic mass is 9.97. The predicted octanol–water partition coefficient (Wildman–Crippen LogP) is 8.87. The van der Waals surface area contributed by atoms with Crippen LogP contribution in [0.5, 0.6) is 5.75 Å². The molecule has 0 atom stereocenters. The van der Waals surface area contributed by atoms with Crippen LogP contribution < -0.4 is 4.74 Å². The van der Waals surface area contributed by atoms with Crippen molar-refractivity contribution in [3.8, 4) is 28.0 Å². The average molecular weight is 471 g/mol. The summed E-state index contributed by atoms with van der Waals surface area (Å²) in [6.07, 6.45) is 5.85. The first-order valence-corrected chi connectivity index (χ1v) is 11.3. The third-order valence-corrected chi connectivity index (χ3v) is 5.68. The summed E-state index contributed by atoms with van der Waals surface area (Å²) in [6.45, 7) is 6.02. The summed E-state index contributed by atoms with van der Waals surface area (Å²) in [5.41, 5.74) is 3.87. The lowest BCUT2D eigenvalue weighted by molar-refractivity contribution is 0.323. The molecule has 4 heteroatoms. The molecule has 0 aromatic heterocycles. The van der Waals surface area contributed by atoms with E-state index in [4.69, 9.17) is 4.74 Å². The Bertz CT molecular complexity index is 1350. The monoisotopic (exact) mass is 470 g/mol. The van der Waals surface area contributed by atoms with Gasteiger partial charge >= 0.3 is 0 Å². The minimum Gasteiger partial charge on any atom is -0.493 e. The van der Waals surface area contributed by atoms with Crippen molar-refractivity contribution in [3.05, 3.63) is 126 Å². The van der Waals surface area contributed by atoms with Crippen LogP contribution in [0.15, 0.2) is 91.5 Å². The van der Waals surface area contributed by atoms with E-state index in [1.54, 1.807) is 78.9 Å². The molecule has 0 aliphatic rings. The Hall–Kier alpha value is -4.05. The van der Waals surface area contributed by atoms with Gasteiger partial charge in [0, 0.05) is 22.8 Å². The van der Waals surface area contributed by atoms with E-state index in [-0.39, 0.29) is 16.9 Å². The van der Waals surface area contributed by atoms with Gasteiger partial charge in [0.05, 0.1) is 6.61 Å². The van der Waals surface area contributed by atoms with Crippen LogP contribution in [0.1, 0.15) is 23.1 Å². The molecule has 0 radical (unpaired) electrons. The van der Waals surface area contributed by atoms with E-state index >= 15 is 0 Å². The van der Waals surface area contributed by atoms with Crippen LogP contribution in [0.3, 0.4) is 0 Å². The van der Waals surface area contributed by atoms with E-state index in [0.717, 1.165) is 11.1 Å². The van der Waals surface area contributed by atoms with Crippen LogP contribution in [0.25, 0.3) is 34.4 Å². The molecule has 4 aromatic carbocycles. The zero-order valence-electron chi connectivity index (χ0n) is 19.4. The molecule has 0 heterocycles. The molecular weight excluding hydrogens is 445 g/mol. The molecule has 176 valence electrons. The molecule has 0 spiro atoms. The zero-order chi connectivity index (χ0) is 24.8. The van der Waals surface area contributed by atoms with Gasteiger partial charge in [-0.3, -0.25) is 0 Å². The number of benzene rings is 4. The molecule has 0 aliphatic heterocycles. The minimum absolute atomic E-state index is 0.187. The first-order chi connectivity index (χ1) is 17.0. The number of aryl methyl sites for hydroxylation is 1. The molecule has 0 fully saturated rings. The molecule has 0 N–H and O–H groups in total. The Morgan fingerprint density at radius 2 is 1.34 bits per heavy atom. The predicted molar refractivity (Wildman–Crippen MR) is 138 cm³/mol. The number of halogens is 3. The number of hydrogen-bond acceptors (Lipinski definition) is 1. The van der Waals surface area contributed by atoms with Crippen LogP contribution in [-0.4, -0.2) is 6.61 Å². The number of ether oxygens (including phenoxy) is 1. The largest absolute Gasteiger partial charge is 0.493 e. The van der Waals surface area contributed by atoms with Gasteiger partial charge < -0.3 is 4.74 Å². The lowest BCUT2D eigenvalue weighted by Gasteiger charge is -2.10. The standard InChI is InChI=1S/C31H25F3O/c1-3-4-19-35-26-16-15-25(29(32)20-26)14-9-22-7-12-24(13-8-22)28-18-17-27(30(33)31(28)34)23-10-5-21(2)6-11-23/h3,5-18,20H,1,4,19H2,2H3/b14-9+. The summed E-state index contributed by atoms with van der Waals surface area (Å²) in [4.78, 5) is 0. The first kappa shape index (κ1) is 24.1. The van der Waals surface area contributed by atoms with Gasteiger partial charge in [0.1, 0.15) is 11.6 Å². The minimum atomic E-state index is -0.885. The van der Waals surface area contributed by atoms with Gasteiger partial charge in [-0.1, -0.05) is 84.5 Å². The van der Waals surface area contributed by atoms with E-state index < -0.39 is 11.6 Å². The fourth-order valence-electron chi connectivity index (χ4n) is 3.68. The van der Waals surface area contributed by atoms with Crippen LogP contribution in [0.2, 0.25) is 0 Å². The molecule has 0 bridgehead atoms. The number of hydrogen-bond donors (Lipinski definition) is 0. The zero-order valence-corrected chi connectivity index (χ0v) is 19.4. The van der Waals surface area contributed by atoms with E-state index in [1.807, 2.05) is 19.1 Å². The van der Waals surface area contributed by atoms with Crippen LogP contribution in [-0.2, 0) is 0 Å². The molecule has 0 saturated heterocycles. The van der Waals surface area contributed by atoms with Crippen LogP contribution in [0.4, 0.5) is 13.2 Å². The fourth-order valence-corrected chi connectivity index (χ4v) is 3.68. The fraction of sp³-hybridized carbons (Fsp3) is 0.0968. The van der Waals surface area contributed by atoms with Crippen molar-refractivity contribution in [1.82, 2.24) is 0 Å². The average Bonchev–Trinajstić information content (AvgIpc) is 2.86. The smallest absolute Gasteiger partial charge is 0.167 e. The maximum absolute atomic E-state index is 14.9. The highest BCUT2D eigenvalue weighted by Gasteiger charge is 2.16. The van der Waals surface area contributed by atoms with Gasteiger partial charge in [-0.2, -0.15) is 0 Å². The van der Waals surface area contributed by atoms with Crippen molar-refractivity contribution < 1.29 is 17.9 Å². The van der Waals surface area contributed by atoms with Crippen molar-refractivity contribution in [2.45, 2.75) is 13.3 Å². The summed E-state index contributed by atoms with van der Waals surface area (Å²) >= 11 is 0. The van der Waals surface area contributed by atoms with E-state index in [2.05, 4.69) is 6.58 Å². The molecule has 35 heavy (non-hydrogen) atoms. The summed E-state index contributed by atoms with van der Waals surface area (Å²) < 4.78 is 49.6. The lowest BCUT2D eigenvalue weighted by Crippen LogP contribution is -1.96. The van der Waals surface area contributed by atoms with Crippen molar-refractivity contribution in [2.75, 3.05) is 6.61 Å². The Balaban J connectivity index is 1.50. The van der Waals surface area contributed by atoms with Crippen molar-refractivity contribution in [1.29, 1.82) is 0 Å². The van der Waals surface area contributed by atoms with E-state index in [0.29, 0.717) is 35.5 Å². The first-order valence-electron chi connectivity index (χ1n) is 11.3. The Labute approximate surface area is 203 Å². The Morgan fingerprint density at radius 1 is 0.743 bits per heavy atom. The molecule has 0 amide bonds. The van der Waals surface area contributed by atoms with E-state index in [9.17, 15) is 13.2 Å². The van der Waals surface area contributed by atoms with Crippen LogP contribution in [0, 0.1) is 24.4 Å². The summed E-state index contributed by atoms with van der Waals surface area (Å²) in [5.74, 6) is -1.68. The van der Waals surface area contributed by atoms with Crippen molar-refractivity contribution in [2.24, 2.45) is 0 Å². The van der Waals surface area contributed by atoms with Gasteiger partial charge in [0.15, 0.2) is 11.6 Å². The second-order valence-electron chi connectivity index (χ2n) is 8.22. The quantitative estimate of drug-likeness (QED) is 0.142. The van der Waals surface area contributed by atoms with Crippen molar-refractivity contribution >= 4 is 12.2 Å². The highest BCUT2D eigenvalue weighted by molar-refractivity contribution is 5.75. The third-order valence-electron chi connectivity index (χ3n) is 5.68. The Morgan fingerprint density at radius 3 is 1.91 bits per heavy atom. The van der Waals surface area contributed by atoms with Gasteiger partial charge in [-0.05, 0) is 42.2 Å². The Kier molecular flexibility index (Phi) is 7.51. The SMILES string of the molecule is C=CCCOc1ccc(/C=C/c2ccc(-c3ccc(-c4ccc(C)cc4)c(F)c3F)cc2)c(F)c1. The van der Waals surface area contributed by atoms with Gasteiger partial charge in [0.25, 0.3) is 0 Å². The third kappa shape index (κ3) is 5.72. The van der Waals surface area contributed by atoms with Gasteiger partial charge in [-0.25, -0.2) is 13.2 Å². The number of rotatable bonds is 8. The van der Waals surface area contributed by atoms with E-state index in [1.165, 1.54) is 6.07 Å². The van der Waals surface area contributed by atoms with Gasteiger partial charge in [-0.15, -0.1) is 6.58 Å². The molecule has 0 unspecified atom stereocenters. The highest BCUT2D eigenvalue weighted by Crippen LogP contribution is 2.32. The molecule has 4 rings (SSSR count). The highest BCUT2D eigenvalue weighted by atomic mass is 19.2. The van der Waals surface area contributed by atoms with Gasteiger partial charge in [0.2, 0.25) is 0 Å². The maximum Gasteiger partial charge on any atom is 0.167 e. The molecule has 0 saturated carbocycles. The summed E-state index contributed by atoms with van der Waals surface area (Å²) in [7, 11) is 0. The molecule has 0 aliphatic carbocycles. The van der Waals surface area contributed by atoms with Crippen molar-refractivity contribution in [3.63, 3.8) is 0 Å². The summed E-state index contributed by atoms with van der Waals surface area (Å²) in [5, 5.41) is 0. The topological polar surface area (TPSA) is 9.23 Å². The second kappa shape index (κ2) is 10.9.